The van der Waals surface area contributed by atoms with Gasteiger partial charge in [0.15, 0.2) is 0 Å². The van der Waals surface area contributed by atoms with E-state index in [9.17, 15) is 0 Å². The number of nitrogens with one attached hydrogen (secondary N) is 3. The molecule has 0 aliphatic heterocycles. The van der Waals surface area contributed by atoms with Gasteiger partial charge in [0.25, 0.3) is 0 Å². The second-order valence-electron chi connectivity index (χ2n) is 11.2. The van der Waals surface area contributed by atoms with Gasteiger partial charge in [-0.15, -0.1) is 0 Å². The van der Waals surface area contributed by atoms with Crippen molar-refractivity contribution in [2.24, 2.45) is 17.8 Å². The van der Waals surface area contributed by atoms with Crippen LogP contribution in [0.1, 0.15) is 54.4 Å². The van der Waals surface area contributed by atoms with E-state index < -0.39 is 0 Å². The van der Waals surface area contributed by atoms with Crippen molar-refractivity contribution in [3.8, 4) is 0 Å². The van der Waals surface area contributed by atoms with Crippen LogP contribution in [0.3, 0.4) is 0 Å². The Kier molecular flexibility index (Phi) is 7.40. The summed E-state index contributed by atoms with van der Waals surface area (Å²) in [6.07, 6.45) is 3.73. The Balaban J connectivity index is 1.21. The molecule has 3 unspecified atom stereocenters. The molecule has 3 aromatic carbocycles. The summed E-state index contributed by atoms with van der Waals surface area (Å²) in [6.45, 7) is 19.4. The topological polar surface area (TPSA) is 36.1 Å². The minimum absolute atomic E-state index is 0.381. The number of allylic oxidation sites excluding steroid dienone is 2. The average Bonchev–Trinajstić information content (AvgIpc) is 3.78. The van der Waals surface area contributed by atoms with E-state index in [0.29, 0.717) is 17.8 Å². The fourth-order valence-corrected chi connectivity index (χ4v) is 5.86. The van der Waals surface area contributed by atoms with Crippen LogP contribution in [0.25, 0.3) is 5.70 Å². The summed E-state index contributed by atoms with van der Waals surface area (Å²) in [5, 5.41) is 11.3. The van der Waals surface area contributed by atoms with E-state index in [0.717, 1.165) is 57.1 Å². The van der Waals surface area contributed by atoms with Crippen molar-refractivity contribution in [2.75, 3.05) is 16.0 Å². The van der Waals surface area contributed by atoms with E-state index in [2.05, 4.69) is 111 Å². The van der Waals surface area contributed by atoms with Crippen LogP contribution >= 0.6 is 11.6 Å². The highest BCUT2D eigenvalue weighted by atomic mass is 35.5. The maximum atomic E-state index is 6.33. The lowest BCUT2D eigenvalue weighted by Gasteiger charge is -2.16. The molecule has 2 fully saturated rings. The molecule has 0 saturated heterocycles. The number of rotatable bonds is 11. The molecule has 4 heteroatoms. The van der Waals surface area contributed by atoms with Gasteiger partial charge in [0.05, 0.1) is 0 Å². The molecule has 0 bridgehead atoms. The smallest absolute Gasteiger partial charge is 0.0411 e. The van der Waals surface area contributed by atoms with Crippen LogP contribution in [0.4, 0.5) is 17.1 Å². The first-order valence-electron chi connectivity index (χ1n) is 13.5. The maximum Gasteiger partial charge on any atom is 0.0411 e. The van der Waals surface area contributed by atoms with Gasteiger partial charge in [-0.05, 0) is 116 Å². The molecule has 38 heavy (non-hydrogen) atoms. The van der Waals surface area contributed by atoms with Crippen LogP contribution in [0.15, 0.2) is 91.8 Å². The van der Waals surface area contributed by atoms with Gasteiger partial charge in [0.1, 0.15) is 0 Å². The Morgan fingerprint density at radius 3 is 2.16 bits per heavy atom. The van der Waals surface area contributed by atoms with Crippen LogP contribution in [-0.2, 0) is 0 Å². The third-order valence-electron chi connectivity index (χ3n) is 7.83. The fraction of sp³-hybridized carbons (Fsp3) is 0.294. The van der Waals surface area contributed by atoms with Gasteiger partial charge in [-0.3, -0.25) is 0 Å². The summed E-state index contributed by atoms with van der Waals surface area (Å²) in [6, 6.07) is 21.0. The van der Waals surface area contributed by atoms with Crippen LogP contribution in [-0.4, -0.2) is 0 Å². The van der Waals surface area contributed by atoms with Gasteiger partial charge in [-0.25, -0.2) is 0 Å². The number of hydrogen-bond acceptors (Lipinski definition) is 3. The molecule has 0 aromatic heterocycles. The number of hydrogen-bond donors (Lipinski definition) is 3. The lowest BCUT2D eigenvalue weighted by Crippen LogP contribution is -2.05. The van der Waals surface area contributed by atoms with Gasteiger partial charge < -0.3 is 16.0 Å². The van der Waals surface area contributed by atoms with Gasteiger partial charge in [0.2, 0.25) is 0 Å². The van der Waals surface area contributed by atoms with Crippen molar-refractivity contribution in [3.63, 3.8) is 0 Å². The highest BCUT2D eigenvalue weighted by Crippen LogP contribution is 2.57. The molecule has 3 nitrogen and oxygen atoms in total. The molecule has 3 atom stereocenters. The zero-order chi connectivity index (χ0) is 27.0. The van der Waals surface area contributed by atoms with Crippen LogP contribution in [0.2, 0.25) is 5.02 Å². The molecule has 2 aliphatic rings. The molecular weight excluding hydrogens is 486 g/mol. The van der Waals surface area contributed by atoms with Gasteiger partial charge in [0, 0.05) is 50.7 Å². The average molecular weight is 524 g/mol. The molecule has 0 spiro atoms. The Bertz CT molecular complexity index is 1360. The summed E-state index contributed by atoms with van der Waals surface area (Å²) in [4.78, 5) is 0. The molecule has 0 heterocycles. The number of halogens is 1. The van der Waals surface area contributed by atoms with Crippen molar-refractivity contribution in [2.45, 2.75) is 46.0 Å². The minimum Gasteiger partial charge on any atom is -0.359 e. The summed E-state index contributed by atoms with van der Waals surface area (Å²) >= 11 is 6.33. The molecule has 0 amide bonds. The Labute approximate surface area is 232 Å². The summed E-state index contributed by atoms with van der Waals surface area (Å²) in [5.41, 5.74) is 10.8. The van der Waals surface area contributed by atoms with Crippen molar-refractivity contribution >= 4 is 34.4 Å². The van der Waals surface area contributed by atoms with Gasteiger partial charge in [-0.2, -0.15) is 0 Å². The molecule has 196 valence electrons. The zero-order valence-electron chi connectivity index (χ0n) is 22.7. The molecule has 0 radical (unpaired) electrons. The SMILES string of the molecule is C=C(CC1CC1)Nc1ccc(NC(=C)c2cc(NC(=C)C3C(C)C3c3cc(C)cc(Cl)c3)ccc2C)cc1. The molecule has 2 saturated carbocycles. The Morgan fingerprint density at radius 1 is 0.842 bits per heavy atom. The lowest BCUT2D eigenvalue weighted by atomic mass is 10.0. The first-order valence-corrected chi connectivity index (χ1v) is 13.9. The molecule has 5 rings (SSSR count). The minimum atomic E-state index is 0.381. The van der Waals surface area contributed by atoms with Crippen molar-refractivity contribution < 1.29 is 0 Å². The van der Waals surface area contributed by atoms with E-state index in [1.165, 1.54) is 29.5 Å². The lowest BCUT2D eigenvalue weighted by molar-refractivity contribution is 0.827. The van der Waals surface area contributed by atoms with Crippen molar-refractivity contribution in [1.82, 2.24) is 0 Å². The third kappa shape index (κ3) is 6.16. The summed E-state index contributed by atoms with van der Waals surface area (Å²) < 4.78 is 0. The molecule has 2 aliphatic carbocycles. The number of anilines is 3. The first-order chi connectivity index (χ1) is 18.2. The van der Waals surface area contributed by atoms with E-state index >= 15 is 0 Å². The highest BCUT2D eigenvalue weighted by molar-refractivity contribution is 6.30. The zero-order valence-corrected chi connectivity index (χ0v) is 23.5. The van der Waals surface area contributed by atoms with E-state index in [1.807, 2.05) is 6.07 Å². The normalized spacial score (nSPS) is 19.9. The largest absolute Gasteiger partial charge is 0.359 e. The predicted molar refractivity (Wildman–Crippen MR) is 165 cm³/mol. The van der Waals surface area contributed by atoms with Crippen LogP contribution < -0.4 is 16.0 Å². The molecule has 3 N–H and O–H groups in total. The summed E-state index contributed by atoms with van der Waals surface area (Å²) in [7, 11) is 0. The van der Waals surface area contributed by atoms with E-state index in [1.54, 1.807) is 0 Å². The highest BCUT2D eigenvalue weighted by Gasteiger charge is 2.49. The standard InChI is InChI=1S/C34H38ClN3/c1-20-15-27(18-28(35)16-20)34-23(4)33(34)25(6)38-31-10-7-21(2)32(19-31)24(5)37-30-13-11-29(12-14-30)36-22(3)17-26-8-9-26/h7,10-16,18-19,23,26,33-34,36-38H,3,5-6,8-9,17H2,1-2,4H3. The van der Waals surface area contributed by atoms with Gasteiger partial charge >= 0.3 is 0 Å². The third-order valence-corrected chi connectivity index (χ3v) is 8.05. The van der Waals surface area contributed by atoms with Crippen LogP contribution in [0.5, 0.6) is 0 Å². The molecule has 3 aromatic rings. The van der Waals surface area contributed by atoms with Crippen LogP contribution in [0, 0.1) is 31.6 Å². The van der Waals surface area contributed by atoms with E-state index in [-0.39, 0.29) is 0 Å². The van der Waals surface area contributed by atoms with E-state index in [4.69, 9.17) is 11.6 Å². The van der Waals surface area contributed by atoms with Crippen molar-refractivity contribution in [1.29, 1.82) is 0 Å². The first kappa shape index (κ1) is 26.2. The predicted octanol–water partition coefficient (Wildman–Crippen LogP) is 9.74. The number of benzene rings is 3. The second-order valence-corrected chi connectivity index (χ2v) is 11.6. The van der Waals surface area contributed by atoms with Gasteiger partial charge in [-0.1, -0.05) is 50.4 Å². The van der Waals surface area contributed by atoms with Crippen molar-refractivity contribution in [3.05, 3.63) is 119 Å². The monoisotopic (exact) mass is 523 g/mol. The quantitative estimate of drug-likeness (QED) is 0.234. The Morgan fingerprint density at radius 2 is 1.50 bits per heavy atom. The second kappa shape index (κ2) is 10.7. The Hall–Kier alpha value is -3.43. The molecular formula is C34H38ClN3. The summed E-state index contributed by atoms with van der Waals surface area (Å²) in [5.74, 6) is 2.17. The maximum absolute atomic E-state index is 6.33. The number of aryl methyl sites for hydroxylation is 2. The fourth-order valence-electron chi connectivity index (χ4n) is 5.56.